The zero-order valence-corrected chi connectivity index (χ0v) is 14.9. The molecule has 0 saturated carbocycles. The van der Waals surface area contributed by atoms with E-state index in [9.17, 15) is 9.90 Å². The van der Waals surface area contributed by atoms with Crippen molar-refractivity contribution in [3.05, 3.63) is 76.6 Å². The van der Waals surface area contributed by atoms with E-state index in [0.29, 0.717) is 12.3 Å². The molecule has 5 nitrogen and oxygen atoms in total. The topological polar surface area (TPSA) is 65.6 Å². The summed E-state index contributed by atoms with van der Waals surface area (Å²) in [5.41, 5.74) is 1.87. The number of aromatic amines is 1. The molecule has 0 spiro atoms. The Kier molecular flexibility index (Phi) is 6.04. The van der Waals surface area contributed by atoms with Crippen LogP contribution in [0.2, 0.25) is 0 Å². The number of aliphatic hydroxyl groups excluding tert-OH is 1. The summed E-state index contributed by atoms with van der Waals surface area (Å²) >= 11 is 0. The molecule has 2 aromatic carbocycles. The quantitative estimate of drug-likeness (QED) is 0.654. The summed E-state index contributed by atoms with van der Waals surface area (Å²) in [5.74, 6) is 0.676. The molecule has 0 aliphatic rings. The van der Waals surface area contributed by atoms with E-state index in [1.54, 1.807) is 12.1 Å². The number of nitrogens with one attached hydrogen (secondary N) is 1. The first-order chi connectivity index (χ1) is 12.6. The number of ether oxygens (including phenoxy) is 1. The van der Waals surface area contributed by atoms with Gasteiger partial charge in [0.25, 0.3) is 0 Å². The van der Waals surface area contributed by atoms with Crippen molar-refractivity contribution in [3.8, 4) is 5.75 Å². The molecule has 1 heterocycles. The number of rotatable bonds is 8. The maximum Gasteiger partial charge on any atom is 0.248 e. The van der Waals surface area contributed by atoms with Gasteiger partial charge in [0.15, 0.2) is 0 Å². The van der Waals surface area contributed by atoms with Crippen molar-refractivity contribution < 1.29 is 9.84 Å². The van der Waals surface area contributed by atoms with Crippen LogP contribution in [-0.2, 0) is 6.54 Å². The molecule has 1 unspecified atom stereocenters. The fourth-order valence-corrected chi connectivity index (χ4v) is 2.91. The van der Waals surface area contributed by atoms with E-state index < -0.39 is 6.10 Å². The van der Waals surface area contributed by atoms with Gasteiger partial charge in [0, 0.05) is 30.1 Å². The van der Waals surface area contributed by atoms with Crippen molar-refractivity contribution in [1.82, 2.24) is 9.88 Å². The molecule has 0 bridgehead atoms. The number of benzene rings is 2. The lowest BCUT2D eigenvalue weighted by Crippen LogP contribution is -2.35. The van der Waals surface area contributed by atoms with Gasteiger partial charge in [0.2, 0.25) is 5.56 Å². The molecule has 3 rings (SSSR count). The largest absolute Gasteiger partial charge is 0.491 e. The van der Waals surface area contributed by atoms with Gasteiger partial charge in [-0.15, -0.1) is 0 Å². The van der Waals surface area contributed by atoms with Gasteiger partial charge in [-0.1, -0.05) is 37.3 Å². The van der Waals surface area contributed by atoms with Crippen LogP contribution < -0.4 is 10.3 Å². The summed E-state index contributed by atoms with van der Waals surface area (Å²) < 4.78 is 5.73. The molecule has 2 N–H and O–H groups in total. The third-order valence-corrected chi connectivity index (χ3v) is 4.30. The molecule has 136 valence electrons. The number of likely N-dealkylation sites (N-methyl/N-ethyl adjacent to an activating group) is 1. The Morgan fingerprint density at radius 2 is 1.92 bits per heavy atom. The number of nitrogens with zero attached hydrogens (tertiary/aromatic N) is 1. The van der Waals surface area contributed by atoms with Crippen molar-refractivity contribution >= 4 is 10.9 Å². The Balaban J connectivity index is 1.55. The summed E-state index contributed by atoms with van der Waals surface area (Å²) in [6, 6.07) is 18.9. The Labute approximate surface area is 152 Å². The maximum atomic E-state index is 11.3. The third-order valence-electron chi connectivity index (χ3n) is 4.30. The highest BCUT2D eigenvalue weighted by atomic mass is 16.5. The molecule has 0 saturated heterocycles. The van der Waals surface area contributed by atoms with Gasteiger partial charge in [-0.3, -0.25) is 9.69 Å². The Hall–Kier alpha value is -2.63. The second-order valence-electron chi connectivity index (χ2n) is 6.35. The zero-order chi connectivity index (χ0) is 18.4. The first-order valence-electron chi connectivity index (χ1n) is 8.84. The number of pyridine rings is 1. The predicted octanol–water partition coefficient (Wildman–Crippen LogP) is 2.79. The van der Waals surface area contributed by atoms with Crippen molar-refractivity contribution in [3.63, 3.8) is 0 Å². The Morgan fingerprint density at radius 3 is 2.69 bits per heavy atom. The van der Waals surface area contributed by atoms with Gasteiger partial charge in [0.1, 0.15) is 18.5 Å². The average Bonchev–Trinajstić information content (AvgIpc) is 2.66. The number of hydrogen-bond acceptors (Lipinski definition) is 4. The number of fused-ring (bicyclic) bond motifs is 1. The lowest BCUT2D eigenvalue weighted by molar-refractivity contribution is 0.0675. The van der Waals surface area contributed by atoms with E-state index >= 15 is 0 Å². The first-order valence-corrected chi connectivity index (χ1v) is 8.84. The van der Waals surface area contributed by atoms with E-state index in [1.807, 2.05) is 30.3 Å². The molecular formula is C21H24N2O3. The van der Waals surface area contributed by atoms with Crippen LogP contribution in [0.3, 0.4) is 0 Å². The van der Waals surface area contributed by atoms with Crippen LogP contribution in [-0.4, -0.2) is 40.8 Å². The SMILES string of the molecule is CCN(Cc1ccccc1)CC(O)COc1ccc2[nH]c(=O)ccc2c1. The van der Waals surface area contributed by atoms with Crippen molar-refractivity contribution in [1.29, 1.82) is 0 Å². The molecule has 0 radical (unpaired) electrons. The molecule has 0 aliphatic carbocycles. The lowest BCUT2D eigenvalue weighted by Gasteiger charge is -2.23. The minimum Gasteiger partial charge on any atom is -0.491 e. The summed E-state index contributed by atoms with van der Waals surface area (Å²) in [4.78, 5) is 16.3. The summed E-state index contributed by atoms with van der Waals surface area (Å²) in [6.45, 7) is 4.51. The molecule has 0 amide bonds. The monoisotopic (exact) mass is 352 g/mol. The summed E-state index contributed by atoms with van der Waals surface area (Å²) in [7, 11) is 0. The van der Waals surface area contributed by atoms with Crippen LogP contribution >= 0.6 is 0 Å². The molecule has 5 heteroatoms. The van der Waals surface area contributed by atoms with Gasteiger partial charge in [0.05, 0.1) is 0 Å². The molecule has 3 aromatic rings. The highest BCUT2D eigenvalue weighted by molar-refractivity contribution is 5.79. The number of H-pyrrole nitrogens is 1. The van der Waals surface area contributed by atoms with Crippen LogP contribution in [0.1, 0.15) is 12.5 Å². The fraction of sp³-hybridized carbons (Fsp3) is 0.286. The van der Waals surface area contributed by atoms with Crippen LogP contribution in [0.25, 0.3) is 10.9 Å². The smallest absolute Gasteiger partial charge is 0.248 e. The first kappa shape index (κ1) is 18.2. The highest BCUT2D eigenvalue weighted by Crippen LogP contribution is 2.18. The van der Waals surface area contributed by atoms with Crippen LogP contribution in [0, 0.1) is 0 Å². The second-order valence-corrected chi connectivity index (χ2v) is 6.35. The molecular weight excluding hydrogens is 328 g/mol. The fourth-order valence-electron chi connectivity index (χ4n) is 2.91. The lowest BCUT2D eigenvalue weighted by atomic mass is 10.2. The predicted molar refractivity (Wildman–Crippen MR) is 103 cm³/mol. The molecule has 26 heavy (non-hydrogen) atoms. The van der Waals surface area contributed by atoms with E-state index in [1.165, 1.54) is 11.6 Å². The van der Waals surface area contributed by atoms with E-state index in [0.717, 1.165) is 24.0 Å². The minimum atomic E-state index is -0.579. The van der Waals surface area contributed by atoms with E-state index in [4.69, 9.17) is 4.74 Å². The number of aromatic nitrogens is 1. The molecule has 1 atom stereocenters. The number of hydrogen-bond donors (Lipinski definition) is 2. The third kappa shape index (κ3) is 4.94. The van der Waals surface area contributed by atoms with Gasteiger partial charge in [-0.25, -0.2) is 0 Å². The average molecular weight is 352 g/mol. The molecule has 1 aromatic heterocycles. The summed E-state index contributed by atoms with van der Waals surface area (Å²) in [6.07, 6.45) is -0.579. The standard InChI is InChI=1S/C21H24N2O3/c1-2-23(13-16-6-4-3-5-7-16)14-18(24)15-26-19-9-10-20-17(12-19)8-11-21(25)22-20/h3-12,18,24H,2,13-15H2,1H3,(H,22,25). The van der Waals surface area contributed by atoms with Crippen molar-refractivity contribution in [2.24, 2.45) is 0 Å². The van der Waals surface area contributed by atoms with E-state index in [-0.39, 0.29) is 12.2 Å². The Bertz CT molecular complexity index is 892. The normalized spacial score (nSPS) is 12.4. The van der Waals surface area contributed by atoms with Gasteiger partial charge >= 0.3 is 0 Å². The highest BCUT2D eigenvalue weighted by Gasteiger charge is 2.12. The Morgan fingerprint density at radius 1 is 1.12 bits per heavy atom. The number of aliphatic hydroxyl groups is 1. The van der Waals surface area contributed by atoms with Gasteiger partial charge < -0.3 is 14.8 Å². The van der Waals surface area contributed by atoms with Crippen LogP contribution in [0.15, 0.2) is 65.5 Å². The molecule has 0 aliphatic heterocycles. The maximum absolute atomic E-state index is 11.3. The van der Waals surface area contributed by atoms with Crippen LogP contribution in [0.4, 0.5) is 0 Å². The molecule has 0 fully saturated rings. The van der Waals surface area contributed by atoms with Gasteiger partial charge in [-0.05, 0) is 36.4 Å². The second kappa shape index (κ2) is 8.65. The zero-order valence-electron chi connectivity index (χ0n) is 14.9. The summed E-state index contributed by atoms with van der Waals surface area (Å²) in [5, 5.41) is 11.2. The van der Waals surface area contributed by atoms with E-state index in [2.05, 4.69) is 28.9 Å². The van der Waals surface area contributed by atoms with Gasteiger partial charge in [-0.2, -0.15) is 0 Å². The minimum absolute atomic E-state index is 0.125. The van der Waals surface area contributed by atoms with Crippen molar-refractivity contribution in [2.75, 3.05) is 19.7 Å². The van der Waals surface area contributed by atoms with Crippen molar-refractivity contribution in [2.45, 2.75) is 19.6 Å². The van der Waals surface area contributed by atoms with Crippen LogP contribution in [0.5, 0.6) is 5.75 Å².